The van der Waals surface area contributed by atoms with E-state index in [-0.39, 0.29) is 17.0 Å². The fraction of sp³-hybridized carbons (Fsp3) is 0.200. The van der Waals surface area contributed by atoms with Gasteiger partial charge in [0.05, 0.1) is 17.8 Å². The number of amides is 2. The number of aromatic carboxylic acids is 1. The minimum absolute atomic E-state index is 0.105. The molecular formula is C10H10F2N2O4. The molecule has 2 amide bonds. The number of hydrogen-bond donors (Lipinski definition) is 4. The van der Waals surface area contributed by atoms with Gasteiger partial charge in [-0.05, 0) is 18.2 Å². The first-order valence-electron chi connectivity index (χ1n) is 4.79. The molecule has 4 N–H and O–H groups in total. The maximum absolute atomic E-state index is 11.8. The van der Waals surface area contributed by atoms with E-state index in [1.165, 1.54) is 0 Å². The van der Waals surface area contributed by atoms with Gasteiger partial charge in [0.15, 0.2) is 0 Å². The molecule has 0 atom stereocenters. The smallest absolute Gasteiger partial charge is 0.337 e. The van der Waals surface area contributed by atoms with Gasteiger partial charge in [0, 0.05) is 0 Å². The Hall–Kier alpha value is -2.38. The van der Waals surface area contributed by atoms with Crippen LogP contribution in [0, 0.1) is 0 Å². The van der Waals surface area contributed by atoms with Gasteiger partial charge in [0.2, 0.25) is 0 Å². The van der Waals surface area contributed by atoms with E-state index in [1.54, 1.807) is 0 Å². The molecule has 0 bridgehead atoms. The number of carbonyl (C=O) groups excluding carboxylic acids is 1. The molecule has 18 heavy (non-hydrogen) atoms. The summed E-state index contributed by atoms with van der Waals surface area (Å²) in [5.74, 6) is -1.65. The molecule has 1 rings (SSSR count). The first-order chi connectivity index (χ1) is 8.40. The maximum atomic E-state index is 11.8. The Morgan fingerprint density at radius 1 is 1.33 bits per heavy atom. The standard InChI is InChI=1S/C10H10F2N2O4/c11-8(12)4-13-10(18)14-7-2-1-5(15)3-6(7)9(16)17/h1-3,8,15H,4H2,(H,16,17)(H2,13,14,18). The van der Waals surface area contributed by atoms with Crippen molar-refractivity contribution in [3.8, 4) is 5.75 Å². The Kier molecular flexibility index (Phi) is 4.41. The molecule has 0 fully saturated rings. The summed E-state index contributed by atoms with van der Waals surface area (Å²) in [5, 5.41) is 21.9. The predicted molar refractivity (Wildman–Crippen MR) is 58.1 cm³/mol. The average molecular weight is 260 g/mol. The molecule has 0 heterocycles. The van der Waals surface area contributed by atoms with Gasteiger partial charge in [-0.25, -0.2) is 18.4 Å². The van der Waals surface area contributed by atoms with E-state index in [1.807, 2.05) is 5.32 Å². The number of hydrogen-bond acceptors (Lipinski definition) is 3. The van der Waals surface area contributed by atoms with E-state index in [0.29, 0.717) is 0 Å². The summed E-state index contributed by atoms with van der Waals surface area (Å²) >= 11 is 0. The Bertz CT molecular complexity index is 465. The normalized spacial score (nSPS) is 10.2. The van der Waals surface area contributed by atoms with Crippen LogP contribution < -0.4 is 10.6 Å². The number of phenolic OH excluding ortho intramolecular Hbond substituents is 1. The average Bonchev–Trinajstić information content (AvgIpc) is 2.28. The van der Waals surface area contributed by atoms with E-state index in [2.05, 4.69) is 5.32 Å². The van der Waals surface area contributed by atoms with Crippen molar-refractivity contribution in [1.29, 1.82) is 0 Å². The zero-order valence-electron chi connectivity index (χ0n) is 8.98. The van der Waals surface area contributed by atoms with Crippen LogP contribution in [-0.4, -0.2) is 35.2 Å². The number of carbonyl (C=O) groups is 2. The molecule has 1 aromatic carbocycles. The van der Waals surface area contributed by atoms with Crippen LogP contribution in [0.5, 0.6) is 5.75 Å². The number of halogens is 2. The Labute approximate surface area is 100 Å². The van der Waals surface area contributed by atoms with Gasteiger partial charge in [-0.1, -0.05) is 0 Å². The van der Waals surface area contributed by atoms with Crippen LogP contribution in [0.15, 0.2) is 18.2 Å². The summed E-state index contributed by atoms with van der Waals surface area (Å²) in [6, 6.07) is 2.30. The van der Waals surface area contributed by atoms with Crippen molar-refractivity contribution in [1.82, 2.24) is 5.32 Å². The predicted octanol–water partition coefficient (Wildman–Crippen LogP) is 1.48. The highest BCUT2D eigenvalue weighted by atomic mass is 19.3. The third kappa shape index (κ3) is 3.89. The third-order valence-corrected chi connectivity index (χ3v) is 1.90. The largest absolute Gasteiger partial charge is 0.508 e. The summed E-state index contributed by atoms with van der Waals surface area (Å²) in [5.41, 5.74) is -0.450. The number of nitrogens with one attached hydrogen (secondary N) is 2. The van der Waals surface area contributed by atoms with Gasteiger partial charge in [-0.3, -0.25) is 0 Å². The number of carboxylic acid groups (broad SMARTS) is 1. The van der Waals surface area contributed by atoms with E-state index in [0.717, 1.165) is 18.2 Å². The number of aromatic hydroxyl groups is 1. The van der Waals surface area contributed by atoms with Crippen LogP contribution in [0.4, 0.5) is 19.3 Å². The summed E-state index contributed by atoms with van der Waals surface area (Å²) in [4.78, 5) is 22.0. The third-order valence-electron chi connectivity index (χ3n) is 1.90. The lowest BCUT2D eigenvalue weighted by molar-refractivity contribution is 0.0697. The molecule has 6 nitrogen and oxygen atoms in total. The first-order valence-corrected chi connectivity index (χ1v) is 4.79. The summed E-state index contributed by atoms with van der Waals surface area (Å²) in [6.45, 7) is -0.841. The summed E-state index contributed by atoms with van der Waals surface area (Å²) in [7, 11) is 0. The molecule has 8 heteroatoms. The topological polar surface area (TPSA) is 98.7 Å². The van der Waals surface area contributed by atoms with Gasteiger partial charge >= 0.3 is 12.0 Å². The molecule has 0 aliphatic carbocycles. The highest BCUT2D eigenvalue weighted by Crippen LogP contribution is 2.21. The van der Waals surface area contributed by atoms with Crippen molar-refractivity contribution in [2.75, 3.05) is 11.9 Å². The molecule has 0 radical (unpaired) electrons. The van der Waals surface area contributed by atoms with Crippen molar-refractivity contribution in [3.05, 3.63) is 23.8 Å². The van der Waals surface area contributed by atoms with E-state index >= 15 is 0 Å². The van der Waals surface area contributed by atoms with Crippen LogP contribution in [0.3, 0.4) is 0 Å². The number of anilines is 1. The van der Waals surface area contributed by atoms with Crippen molar-refractivity contribution in [2.24, 2.45) is 0 Å². The molecule has 0 unspecified atom stereocenters. The van der Waals surface area contributed by atoms with Crippen molar-refractivity contribution < 1.29 is 28.6 Å². The molecule has 0 saturated heterocycles. The number of carboxylic acids is 1. The first kappa shape index (κ1) is 13.7. The van der Waals surface area contributed by atoms with Gasteiger partial charge in [-0.2, -0.15) is 0 Å². The highest BCUT2D eigenvalue weighted by molar-refractivity contribution is 6.00. The second-order valence-electron chi connectivity index (χ2n) is 3.26. The van der Waals surface area contributed by atoms with E-state index in [9.17, 15) is 18.4 Å². The second-order valence-corrected chi connectivity index (χ2v) is 3.26. The van der Waals surface area contributed by atoms with E-state index < -0.39 is 25.0 Å². The van der Waals surface area contributed by atoms with Crippen molar-refractivity contribution >= 4 is 17.7 Å². The molecule has 0 spiro atoms. The lowest BCUT2D eigenvalue weighted by Gasteiger charge is -2.09. The van der Waals surface area contributed by atoms with Crippen molar-refractivity contribution in [2.45, 2.75) is 6.43 Å². The summed E-state index contributed by atoms with van der Waals surface area (Å²) in [6.07, 6.45) is -2.70. The number of rotatable bonds is 4. The Morgan fingerprint density at radius 2 is 2.00 bits per heavy atom. The van der Waals surface area contributed by atoms with Gasteiger partial charge in [0.25, 0.3) is 6.43 Å². The molecule has 98 valence electrons. The lowest BCUT2D eigenvalue weighted by atomic mass is 10.1. The molecule has 0 saturated carbocycles. The molecule has 0 aliphatic heterocycles. The maximum Gasteiger partial charge on any atom is 0.337 e. The highest BCUT2D eigenvalue weighted by Gasteiger charge is 2.14. The zero-order valence-corrected chi connectivity index (χ0v) is 8.98. The van der Waals surface area contributed by atoms with Crippen molar-refractivity contribution in [3.63, 3.8) is 0 Å². The monoisotopic (exact) mass is 260 g/mol. The molecule has 1 aromatic rings. The Morgan fingerprint density at radius 3 is 2.56 bits per heavy atom. The fourth-order valence-corrected chi connectivity index (χ4v) is 1.15. The zero-order chi connectivity index (χ0) is 13.7. The molecule has 0 aliphatic rings. The van der Waals surface area contributed by atoms with E-state index in [4.69, 9.17) is 10.2 Å². The van der Waals surface area contributed by atoms with Crippen LogP contribution in [0.25, 0.3) is 0 Å². The lowest BCUT2D eigenvalue weighted by Crippen LogP contribution is -2.33. The number of urea groups is 1. The van der Waals surface area contributed by atoms with Crippen LogP contribution in [0.1, 0.15) is 10.4 Å². The van der Waals surface area contributed by atoms with Crippen LogP contribution in [0.2, 0.25) is 0 Å². The minimum Gasteiger partial charge on any atom is -0.508 e. The Balaban J connectivity index is 2.78. The number of benzene rings is 1. The SMILES string of the molecule is O=C(NCC(F)F)Nc1ccc(O)cc1C(=O)O. The fourth-order valence-electron chi connectivity index (χ4n) is 1.15. The minimum atomic E-state index is -2.70. The second kappa shape index (κ2) is 5.80. The van der Waals surface area contributed by atoms with Crippen LogP contribution in [-0.2, 0) is 0 Å². The number of alkyl halides is 2. The molecular weight excluding hydrogens is 250 g/mol. The molecule has 0 aromatic heterocycles. The van der Waals surface area contributed by atoms with Crippen LogP contribution >= 0.6 is 0 Å². The van der Waals surface area contributed by atoms with Gasteiger partial charge in [0.1, 0.15) is 5.75 Å². The van der Waals surface area contributed by atoms with Gasteiger partial charge in [-0.15, -0.1) is 0 Å². The summed E-state index contributed by atoms with van der Waals surface area (Å²) < 4.78 is 23.6. The number of phenols is 1. The quantitative estimate of drug-likeness (QED) is 0.616. The van der Waals surface area contributed by atoms with Gasteiger partial charge < -0.3 is 20.8 Å².